The maximum Gasteiger partial charge on any atom is 0.273 e. The summed E-state index contributed by atoms with van der Waals surface area (Å²) >= 11 is 3.44. The van der Waals surface area contributed by atoms with Crippen LogP contribution in [0.2, 0.25) is 0 Å². The van der Waals surface area contributed by atoms with E-state index in [-0.39, 0.29) is 11.1 Å². The summed E-state index contributed by atoms with van der Waals surface area (Å²) in [5, 5.41) is 3.22. The first kappa shape index (κ1) is 16.2. The summed E-state index contributed by atoms with van der Waals surface area (Å²) < 4.78 is 31.7. The lowest BCUT2D eigenvalue weighted by molar-refractivity contribution is 0.392. The van der Waals surface area contributed by atoms with Gasteiger partial charge in [-0.05, 0) is 43.8 Å². The summed E-state index contributed by atoms with van der Waals surface area (Å²) in [7, 11) is -2.17. The zero-order valence-electron chi connectivity index (χ0n) is 11.8. The molecule has 0 bridgehead atoms. The van der Waals surface area contributed by atoms with E-state index in [1.165, 1.54) is 13.1 Å². The van der Waals surface area contributed by atoms with Crippen molar-refractivity contribution in [3.8, 4) is 0 Å². The maximum absolute atomic E-state index is 11.6. The van der Waals surface area contributed by atoms with Gasteiger partial charge in [-0.25, -0.2) is 13.1 Å². The van der Waals surface area contributed by atoms with Gasteiger partial charge in [-0.2, -0.15) is 0 Å². The molecule has 1 aromatic carbocycles. The molecule has 0 aliphatic heterocycles. The molecule has 0 saturated heterocycles. The molecule has 2 rings (SSSR count). The molecule has 0 fully saturated rings. The Morgan fingerprint density at radius 2 is 2.05 bits per heavy atom. The molecule has 21 heavy (non-hydrogen) atoms. The van der Waals surface area contributed by atoms with Crippen molar-refractivity contribution in [2.75, 3.05) is 7.05 Å². The minimum atomic E-state index is -3.52. The monoisotopic (exact) mass is 372 g/mol. The highest BCUT2D eigenvalue weighted by molar-refractivity contribution is 9.10. The van der Waals surface area contributed by atoms with E-state index >= 15 is 0 Å². The molecule has 0 spiro atoms. The Balaban J connectivity index is 2.00. The van der Waals surface area contributed by atoms with Crippen molar-refractivity contribution < 1.29 is 12.8 Å². The highest BCUT2D eigenvalue weighted by Crippen LogP contribution is 2.19. The summed E-state index contributed by atoms with van der Waals surface area (Å²) in [6, 6.07) is 11.2. The average Bonchev–Trinajstić information content (AvgIpc) is 2.94. The topological polar surface area (TPSA) is 71.3 Å². The van der Waals surface area contributed by atoms with Crippen molar-refractivity contribution in [1.82, 2.24) is 10.0 Å². The molecule has 2 N–H and O–H groups in total. The lowest BCUT2D eigenvalue weighted by Crippen LogP contribution is -2.18. The van der Waals surface area contributed by atoms with E-state index in [0.29, 0.717) is 12.3 Å². The van der Waals surface area contributed by atoms with Crippen LogP contribution in [0.15, 0.2) is 50.4 Å². The first-order chi connectivity index (χ1) is 9.92. The van der Waals surface area contributed by atoms with Crippen molar-refractivity contribution in [3.63, 3.8) is 0 Å². The maximum atomic E-state index is 11.6. The van der Waals surface area contributed by atoms with E-state index < -0.39 is 10.0 Å². The highest BCUT2D eigenvalue weighted by Gasteiger charge is 2.16. The zero-order chi connectivity index (χ0) is 15.5. The van der Waals surface area contributed by atoms with Crippen LogP contribution in [-0.2, 0) is 16.6 Å². The van der Waals surface area contributed by atoms with Crippen molar-refractivity contribution in [1.29, 1.82) is 0 Å². The molecule has 0 unspecified atom stereocenters. The summed E-state index contributed by atoms with van der Waals surface area (Å²) in [5.74, 6) is 0.575. The fraction of sp³-hybridized carbons (Fsp3) is 0.286. The minimum absolute atomic E-state index is 0.0723. The molecule has 0 amide bonds. The Labute approximate surface area is 132 Å². The van der Waals surface area contributed by atoms with Crippen LogP contribution in [0.4, 0.5) is 0 Å². The van der Waals surface area contributed by atoms with E-state index in [4.69, 9.17) is 4.42 Å². The van der Waals surface area contributed by atoms with Gasteiger partial charge < -0.3 is 9.73 Å². The normalized spacial score (nSPS) is 13.3. The summed E-state index contributed by atoms with van der Waals surface area (Å²) in [6.07, 6.45) is 0. The number of rotatable bonds is 6. The number of halogens is 1. The molecule has 1 aromatic heterocycles. The predicted molar refractivity (Wildman–Crippen MR) is 84.4 cm³/mol. The lowest BCUT2D eigenvalue weighted by atomic mass is 10.1. The molecular formula is C14H17BrN2O3S. The van der Waals surface area contributed by atoms with Crippen molar-refractivity contribution >= 4 is 26.0 Å². The van der Waals surface area contributed by atoms with Crippen LogP contribution in [0, 0.1) is 0 Å². The first-order valence-corrected chi connectivity index (χ1v) is 8.71. The third-order valence-electron chi connectivity index (χ3n) is 3.10. The Morgan fingerprint density at radius 3 is 2.71 bits per heavy atom. The number of sulfonamides is 1. The molecule has 0 radical (unpaired) electrons. The molecule has 1 atom stereocenters. The molecular weight excluding hydrogens is 356 g/mol. The fourth-order valence-electron chi connectivity index (χ4n) is 1.85. The predicted octanol–water partition coefficient (Wildman–Crippen LogP) is 2.80. The number of benzene rings is 1. The van der Waals surface area contributed by atoms with Crippen LogP contribution < -0.4 is 10.0 Å². The Hall–Kier alpha value is -1.15. The quantitative estimate of drug-likeness (QED) is 0.817. The molecule has 114 valence electrons. The van der Waals surface area contributed by atoms with Gasteiger partial charge in [0.1, 0.15) is 5.76 Å². The van der Waals surface area contributed by atoms with Gasteiger partial charge in [0.25, 0.3) is 10.0 Å². The van der Waals surface area contributed by atoms with Gasteiger partial charge in [0.15, 0.2) is 0 Å². The molecule has 5 nitrogen and oxygen atoms in total. The minimum Gasteiger partial charge on any atom is -0.447 e. The molecule has 0 aliphatic rings. The number of furan rings is 1. The molecule has 7 heteroatoms. The van der Waals surface area contributed by atoms with Gasteiger partial charge >= 0.3 is 0 Å². The van der Waals surface area contributed by atoms with Crippen molar-refractivity contribution in [2.45, 2.75) is 24.6 Å². The van der Waals surface area contributed by atoms with Crippen LogP contribution in [-0.4, -0.2) is 15.5 Å². The fourth-order valence-corrected chi connectivity index (χ4v) is 2.93. The van der Waals surface area contributed by atoms with E-state index in [9.17, 15) is 8.42 Å². The molecule has 2 aromatic rings. The molecule has 1 heterocycles. The zero-order valence-corrected chi connectivity index (χ0v) is 14.2. The van der Waals surface area contributed by atoms with Gasteiger partial charge in [0, 0.05) is 10.5 Å². The SMILES string of the molecule is CNS(=O)(=O)c1ccc(CN[C@H](C)c2cccc(Br)c2)o1. The largest absolute Gasteiger partial charge is 0.447 e. The van der Waals surface area contributed by atoms with Crippen molar-refractivity contribution in [2.24, 2.45) is 0 Å². The second-order valence-corrected chi connectivity index (χ2v) is 7.32. The number of hydrogen-bond donors (Lipinski definition) is 2. The average molecular weight is 373 g/mol. The summed E-state index contributed by atoms with van der Waals surface area (Å²) in [4.78, 5) is 0. The highest BCUT2D eigenvalue weighted by atomic mass is 79.9. The molecule has 0 aliphatic carbocycles. The Kier molecular flexibility index (Phi) is 5.21. The summed E-state index contributed by atoms with van der Waals surface area (Å²) in [5.41, 5.74) is 1.14. The van der Waals surface area contributed by atoms with E-state index in [0.717, 1.165) is 10.0 Å². The van der Waals surface area contributed by atoms with E-state index in [1.807, 2.05) is 31.2 Å². The standard InChI is InChI=1S/C14H17BrN2O3S/c1-10(11-4-3-5-12(15)8-11)17-9-13-6-7-14(20-13)21(18,19)16-2/h3-8,10,16-17H,9H2,1-2H3/t10-/m1/s1. The first-order valence-electron chi connectivity index (χ1n) is 6.43. The van der Waals surface area contributed by atoms with Crippen LogP contribution in [0.5, 0.6) is 0 Å². The van der Waals surface area contributed by atoms with Gasteiger partial charge in [0.05, 0.1) is 6.54 Å². The number of nitrogens with one attached hydrogen (secondary N) is 2. The smallest absolute Gasteiger partial charge is 0.273 e. The molecule has 0 saturated carbocycles. The third-order valence-corrected chi connectivity index (χ3v) is 4.88. The second kappa shape index (κ2) is 6.74. The van der Waals surface area contributed by atoms with Gasteiger partial charge in [-0.3, -0.25) is 0 Å². The van der Waals surface area contributed by atoms with Gasteiger partial charge in [0.2, 0.25) is 5.09 Å². The van der Waals surface area contributed by atoms with Gasteiger partial charge in [-0.15, -0.1) is 0 Å². The van der Waals surface area contributed by atoms with Crippen LogP contribution in [0.3, 0.4) is 0 Å². The third kappa shape index (κ3) is 4.16. The van der Waals surface area contributed by atoms with Crippen LogP contribution in [0.1, 0.15) is 24.3 Å². The summed E-state index contributed by atoms with van der Waals surface area (Å²) in [6.45, 7) is 2.49. The van der Waals surface area contributed by atoms with E-state index in [2.05, 4.69) is 26.0 Å². The van der Waals surface area contributed by atoms with Crippen LogP contribution in [0.25, 0.3) is 0 Å². The van der Waals surface area contributed by atoms with E-state index in [1.54, 1.807) is 6.07 Å². The Morgan fingerprint density at radius 1 is 1.29 bits per heavy atom. The van der Waals surface area contributed by atoms with Crippen molar-refractivity contribution in [3.05, 3.63) is 52.2 Å². The lowest BCUT2D eigenvalue weighted by Gasteiger charge is -2.13. The second-order valence-electron chi connectivity index (χ2n) is 4.59. The van der Waals surface area contributed by atoms with Gasteiger partial charge in [-0.1, -0.05) is 28.1 Å². The number of hydrogen-bond acceptors (Lipinski definition) is 4. The Bertz CT molecular complexity index is 713. The van der Waals surface area contributed by atoms with Crippen LogP contribution >= 0.6 is 15.9 Å².